The van der Waals surface area contributed by atoms with Crippen LogP contribution in [0, 0.1) is 16.7 Å². The van der Waals surface area contributed by atoms with Crippen molar-refractivity contribution in [1.82, 2.24) is 0 Å². The van der Waals surface area contributed by atoms with E-state index in [9.17, 15) is 5.11 Å². The number of fused-ring (bicyclic) bond motifs is 2. The summed E-state index contributed by atoms with van der Waals surface area (Å²) in [5.41, 5.74) is 2.62. The third kappa shape index (κ3) is 1.92. The summed E-state index contributed by atoms with van der Waals surface area (Å²) in [4.78, 5) is 0. The number of rotatable bonds is 2. The fourth-order valence-electron chi connectivity index (χ4n) is 5.41. The maximum atomic E-state index is 11.9. The lowest BCUT2D eigenvalue weighted by Gasteiger charge is -2.46. The molecule has 2 aromatic carbocycles. The van der Waals surface area contributed by atoms with Gasteiger partial charge in [-0.3, -0.25) is 0 Å². The normalized spacial score (nSPS) is 33.8. The third-order valence-corrected chi connectivity index (χ3v) is 7.67. The van der Waals surface area contributed by atoms with Gasteiger partial charge in [0.2, 0.25) is 0 Å². The molecular weight excluding hydrogens is 316 g/mol. The van der Waals surface area contributed by atoms with Gasteiger partial charge in [0.05, 0.1) is 5.60 Å². The van der Waals surface area contributed by atoms with Gasteiger partial charge in [-0.05, 0) is 59.4 Å². The van der Waals surface area contributed by atoms with Gasteiger partial charge in [0.15, 0.2) is 0 Å². The van der Waals surface area contributed by atoms with Crippen molar-refractivity contribution in [3.8, 4) is 11.1 Å². The van der Waals surface area contributed by atoms with Crippen molar-refractivity contribution < 1.29 is 5.11 Å². The summed E-state index contributed by atoms with van der Waals surface area (Å²) >= 11 is 6.05. The first-order chi connectivity index (χ1) is 11.3. The lowest BCUT2D eigenvalue weighted by Crippen LogP contribution is -2.45. The van der Waals surface area contributed by atoms with E-state index in [-0.39, 0.29) is 10.8 Å². The van der Waals surface area contributed by atoms with Crippen molar-refractivity contribution in [3.63, 3.8) is 0 Å². The van der Waals surface area contributed by atoms with E-state index >= 15 is 0 Å². The minimum atomic E-state index is -0.768. The Labute approximate surface area is 149 Å². The highest BCUT2D eigenvalue weighted by molar-refractivity contribution is 6.30. The van der Waals surface area contributed by atoms with Gasteiger partial charge in [0.25, 0.3) is 0 Å². The summed E-state index contributed by atoms with van der Waals surface area (Å²) in [6.07, 6.45) is 3.19. The number of halogens is 1. The molecule has 0 heterocycles. The predicted octanol–water partition coefficient (Wildman–Crippen LogP) is 6.04. The molecule has 2 fully saturated rings. The van der Waals surface area contributed by atoms with Gasteiger partial charge >= 0.3 is 0 Å². The van der Waals surface area contributed by atoms with E-state index < -0.39 is 5.60 Å². The summed E-state index contributed by atoms with van der Waals surface area (Å²) in [5.74, 6) is 0.589. The molecule has 2 bridgehead atoms. The van der Waals surface area contributed by atoms with Gasteiger partial charge in [-0.2, -0.15) is 0 Å². The van der Waals surface area contributed by atoms with Gasteiger partial charge in [-0.25, -0.2) is 0 Å². The van der Waals surface area contributed by atoms with E-state index in [4.69, 9.17) is 11.6 Å². The van der Waals surface area contributed by atoms with Crippen LogP contribution < -0.4 is 0 Å². The Balaban J connectivity index is 1.88. The molecule has 3 atom stereocenters. The van der Waals surface area contributed by atoms with Crippen molar-refractivity contribution in [3.05, 3.63) is 59.1 Å². The van der Waals surface area contributed by atoms with Crippen LogP contribution >= 0.6 is 11.6 Å². The zero-order valence-corrected chi connectivity index (χ0v) is 15.4. The second-order valence-corrected chi connectivity index (χ2v) is 8.84. The fraction of sp³-hybridized carbons (Fsp3) is 0.455. The monoisotopic (exact) mass is 340 g/mol. The van der Waals surface area contributed by atoms with E-state index in [1.165, 1.54) is 6.42 Å². The summed E-state index contributed by atoms with van der Waals surface area (Å²) in [5, 5.41) is 12.7. The molecule has 0 spiro atoms. The van der Waals surface area contributed by atoms with Crippen molar-refractivity contribution >= 4 is 11.6 Å². The van der Waals surface area contributed by atoms with E-state index in [2.05, 4.69) is 45.0 Å². The molecule has 4 rings (SSSR count). The Morgan fingerprint density at radius 2 is 1.67 bits per heavy atom. The van der Waals surface area contributed by atoms with Gasteiger partial charge in [0, 0.05) is 10.4 Å². The van der Waals surface area contributed by atoms with E-state index in [0.29, 0.717) is 5.92 Å². The maximum Gasteiger partial charge on any atom is 0.0963 e. The minimum Gasteiger partial charge on any atom is -0.385 e. The molecule has 24 heavy (non-hydrogen) atoms. The first-order valence-electron chi connectivity index (χ1n) is 8.87. The minimum absolute atomic E-state index is 0.0901. The quantitative estimate of drug-likeness (QED) is 0.706. The molecule has 0 saturated heterocycles. The first-order valence-corrected chi connectivity index (χ1v) is 9.25. The zero-order chi connectivity index (χ0) is 17.2. The predicted molar refractivity (Wildman–Crippen MR) is 100 cm³/mol. The summed E-state index contributed by atoms with van der Waals surface area (Å²) in [6, 6.07) is 16.3. The summed E-state index contributed by atoms with van der Waals surface area (Å²) < 4.78 is 0. The average Bonchev–Trinajstić information content (AvgIpc) is 2.88. The largest absolute Gasteiger partial charge is 0.385 e. The number of hydrogen-bond donors (Lipinski definition) is 1. The summed E-state index contributed by atoms with van der Waals surface area (Å²) in [6.45, 7) is 6.97. The van der Waals surface area contributed by atoms with E-state index in [1.54, 1.807) is 0 Å². The second kappa shape index (κ2) is 5.09. The van der Waals surface area contributed by atoms with Crippen LogP contribution in [0.2, 0.25) is 5.02 Å². The molecule has 2 aliphatic rings. The molecule has 2 heteroatoms. The molecule has 126 valence electrons. The third-order valence-electron chi connectivity index (χ3n) is 7.42. The summed E-state index contributed by atoms with van der Waals surface area (Å²) in [7, 11) is 0. The molecule has 2 saturated carbocycles. The van der Waals surface area contributed by atoms with Crippen LogP contribution in [0.5, 0.6) is 0 Å². The Bertz CT molecular complexity index is 779. The van der Waals surface area contributed by atoms with Gasteiger partial charge in [-0.1, -0.05) is 68.8 Å². The highest BCUT2D eigenvalue weighted by atomic mass is 35.5. The highest BCUT2D eigenvalue weighted by Crippen LogP contribution is 2.73. The Kier molecular flexibility index (Phi) is 3.43. The van der Waals surface area contributed by atoms with Gasteiger partial charge in [0.1, 0.15) is 0 Å². The molecule has 2 aliphatic carbocycles. The van der Waals surface area contributed by atoms with Gasteiger partial charge < -0.3 is 5.11 Å². The van der Waals surface area contributed by atoms with E-state index in [0.717, 1.165) is 34.6 Å². The fourth-order valence-corrected chi connectivity index (χ4v) is 5.53. The van der Waals surface area contributed by atoms with E-state index in [1.807, 2.05) is 24.3 Å². The van der Waals surface area contributed by atoms with Crippen LogP contribution in [0.1, 0.15) is 45.6 Å². The Morgan fingerprint density at radius 3 is 2.25 bits per heavy atom. The molecule has 0 amide bonds. The zero-order valence-electron chi connectivity index (χ0n) is 14.6. The number of aliphatic hydroxyl groups is 1. The molecular formula is C22H25ClO. The van der Waals surface area contributed by atoms with Crippen molar-refractivity contribution in [2.24, 2.45) is 16.7 Å². The number of hydrogen-bond acceptors (Lipinski definition) is 1. The molecule has 3 unspecified atom stereocenters. The molecule has 2 aromatic rings. The maximum absolute atomic E-state index is 11.9. The van der Waals surface area contributed by atoms with Crippen LogP contribution in [0.15, 0.2) is 48.5 Å². The van der Waals surface area contributed by atoms with Crippen LogP contribution in [0.3, 0.4) is 0 Å². The standard InChI is InChI=1S/C22H25ClO/c1-20(2)16-12-13-21(20,3)22(24,14-16)19-7-5-4-6-18(19)15-8-10-17(23)11-9-15/h4-11,16,24H,12-14H2,1-3H3. The Hall–Kier alpha value is -1.31. The van der Waals surface area contributed by atoms with Crippen LogP contribution in [0.25, 0.3) is 11.1 Å². The van der Waals surface area contributed by atoms with Crippen molar-refractivity contribution in [2.75, 3.05) is 0 Å². The van der Waals surface area contributed by atoms with Crippen LogP contribution in [0.4, 0.5) is 0 Å². The number of benzene rings is 2. The topological polar surface area (TPSA) is 20.2 Å². The van der Waals surface area contributed by atoms with Crippen molar-refractivity contribution in [1.29, 1.82) is 0 Å². The highest BCUT2D eigenvalue weighted by Gasteiger charge is 2.69. The van der Waals surface area contributed by atoms with Gasteiger partial charge in [-0.15, -0.1) is 0 Å². The molecule has 0 aliphatic heterocycles. The van der Waals surface area contributed by atoms with Crippen molar-refractivity contribution in [2.45, 2.75) is 45.6 Å². The first kappa shape index (κ1) is 16.2. The van der Waals surface area contributed by atoms with Crippen LogP contribution in [-0.2, 0) is 5.60 Å². The molecule has 0 aromatic heterocycles. The molecule has 0 radical (unpaired) electrons. The SMILES string of the molecule is CC1(C)C2CCC1(C)C(O)(c1ccccc1-c1ccc(Cl)cc1)C2. The molecule has 1 N–H and O–H groups in total. The average molecular weight is 341 g/mol. The lowest BCUT2D eigenvalue weighted by atomic mass is 9.61. The second-order valence-electron chi connectivity index (χ2n) is 8.41. The lowest BCUT2D eigenvalue weighted by molar-refractivity contribution is -0.0953. The Morgan fingerprint density at radius 1 is 1.00 bits per heavy atom. The smallest absolute Gasteiger partial charge is 0.0963 e. The molecule has 1 nitrogen and oxygen atoms in total. The van der Waals surface area contributed by atoms with Crippen LogP contribution in [-0.4, -0.2) is 5.11 Å².